The number of nitro groups is 1. The van der Waals surface area contributed by atoms with E-state index in [1.165, 1.54) is 45.4 Å². The van der Waals surface area contributed by atoms with Gasteiger partial charge in [-0.25, -0.2) is 0 Å². The van der Waals surface area contributed by atoms with Gasteiger partial charge in [0.1, 0.15) is 17.2 Å². The topological polar surface area (TPSA) is 120 Å². The zero-order valence-corrected chi connectivity index (χ0v) is 15.5. The summed E-state index contributed by atoms with van der Waals surface area (Å²) in [6.45, 7) is 1.25. The second kappa shape index (κ2) is 9.17. The Labute approximate surface area is 161 Å². The van der Waals surface area contributed by atoms with E-state index in [9.17, 15) is 19.7 Å². The van der Waals surface area contributed by atoms with Crippen LogP contribution in [-0.4, -0.2) is 31.0 Å². The van der Waals surface area contributed by atoms with Gasteiger partial charge in [0.15, 0.2) is 0 Å². The fraction of sp³-hybridized carbons (Fsp3) is 0.158. The number of ether oxygens (including phenoxy) is 2. The van der Waals surface area contributed by atoms with Crippen LogP contribution in [0.2, 0.25) is 0 Å². The number of benzene rings is 2. The van der Waals surface area contributed by atoms with Crippen molar-refractivity contribution in [2.24, 2.45) is 0 Å². The van der Waals surface area contributed by atoms with Crippen molar-refractivity contribution in [3.05, 3.63) is 63.8 Å². The van der Waals surface area contributed by atoms with Crippen LogP contribution in [0.3, 0.4) is 0 Å². The number of anilines is 1. The number of nitrogens with zero attached hydrogens (tertiary/aromatic N) is 1. The summed E-state index contributed by atoms with van der Waals surface area (Å²) in [5.41, 5.74) is 0.497. The monoisotopic (exact) mass is 385 g/mol. The number of hydrogen-bond donors (Lipinski definition) is 2. The molecule has 0 saturated carbocycles. The van der Waals surface area contributed by atoms with Gasteiger partial charge < -0.3 is 20.1 Å². The fourth-order valence-electron chi connectivity index (χ4n) is 2.34. The molecule has 0 heterocycles. The Morgan fingerprint density at radius 2 is 1.86 bits per heavy atom. The van der Waals surface area contributed by atoms with Crippen LogP contribution in [0.25, 0.3) is 6.08 Å². The minimum Gasteiger partial charge on any atom is -0.497 e. The molecule has 0 unspecified atom stereocenters. The van der Waals surface area contributed by atoms with E-state index in [1.807, 2.05) is 0 Å². The third-order valence-corrected chi connectivity index (χ3v) is 3.60. The van der Waals surface area contributed by atoms with Crippen LogP contribution in [0, 0.1) is 10.1 Å². The molecule has 0 aliphatic heterocycles. The maximum atomic E-state index is 12.7. The Hall–Kier alpha value is -3.88. The molecule has 0 radical (unpaired) electrons. The van der Waals surface area contributed by atoms with Gasteiger partial charge in [-0.05, 0) is 23.8 Å². The molecular formula is C19H19N3O6. The lowest BCUT2D eigenvalue weighted by atomic mass is 10.1. The summed E-state index contributed by atoms with van der Waals surface area (Å²) < 4.78 is 10.4. The number of carbonyl (C=O) groups excluding carboxylic acids is 2. The van der Waals surface area contributed by atoms with Crippen LogP contribution < -0.4 is 20.1 Å². The number of hydrogen-bond acceptors (Lipinski definition) is 6. The van der Waals surface area contributed by atoms with Crippen molar-refractivity contribution in [3.63, 3.8) is 0 Å². The van der Waals surface area contributed by atoms with Gasteiger partial charge in [-0.2, -0.15) is 0 Å². The molecule has 0 spiro atoms. The van der Waals surface area contributed by atoms with Gasteiger partial charge in [0.05, 0.1) is 24.8 Å². The highest BCUT2D eigenvalue weighted by Crippen LogP contribution is 2.29. The fourth-order valence-corrected chi connectivity index (χ4v) is 2.34. The van der Waals surface area contributed by atoms with Gasteiger partial charge in [0.2, 0.25) is 5.91 Å². The van der Waals surface area contributed by atoms with Crippen molar-refractivity contribution < 1.29 is 24.0 Å². The van der Waals surface area contributed by atoms with E-state index in [2.05, 4.69) is 10.6 Å². The summed E-state index contributed by atoms with van der Waals surface area (Å²) in [6.07, 6.45) is 1.34. The molecule has 0 saturated heterocycles. The van der Waals surface area contributed by atoms with Gasteiger partial charge >= 0.3 is 0 Å². The van der Waals surface area contributed by atoms with Crippen molar-refractivity contribution in [2.75, 3.05) is 19.5 Å². The van der Waals surface area contributed by atoms with E-state index in [0.717, 1.165) is 0 Å². The number of non-ortho nitro benzene ring substituents is 1. The lowest BCUT2D eigenvalue weighted by Gasteiger charge is -2.13. The Kier molecular flexibility index (Phi) is 6.69. The SMILES string of the molecule is COc1ccc(OC)c(NC(=O)C(=Cc2cccc([N+](=O)[O-])c2)NC(C)=O)c1. The summed E-state index contributed by atoms with van der Waals surface area (Å²) in [6, 6.07) is 10.5. The average Bonchev–Trinajstić information content (AvgIpc) is 2.67. The molecule has 2 amide bonds. The zero-order valence-electron chi connectivity index (χ0n) is 15.5. The first-order valence-corrected chi connectivity index (χ1v) is 8.11. The number of nitro benzene ring substituents is 1. The smallest absolute Gasteiger partial charge is 0.272 e. The van der Waals surface area contributed by atoms with Crippen molar-refractivity contribution in [2.45, 2.75) is 6.92 Å². The summed E-state index contributed by atoms with van der Waals surface area (Å²) in [5, 5.41) is 16.0. The summed E-state index contributed by atoms with van der Waals surface area (Å²) >= 11 is 0. The van der Waals surface area contributed by atoms with Gasteiger partial charge in [0, 0.05) is 25.1 Å². The van der Waals surface area contributed by atoms with Gasteiger partial charge in [-0.15, -0.1) is 0 Å². The van der Waals surface area contributed by atoms with E-state index in [-0.39, 0.29) is 11.4 Å². The van der Waals surface area contributed by atoms with Crippen LogP contribution in [0.4, 0.5) is 11.4 Å². The van der Waals surface area contributed by atoms with Crippen LogP contribution >= 0.6 is 0 Å². The van der Waals surface area contributed by atoms with E-state index in [4.69, 9.17) is 9.47 Å². The molecule has 2 aromatic rings. The zero-order chi connectivity index (χ0) is 20.7. The minimum absolute atomic E-state index is 0.0853. The van der Waals surface area contributed by atoms with E-state index in [0.29, 0.717) is 22.7 Å². The molecule has 0 aromatic heterocycles. The highest BCUT2D eigenvalue weighted by Gasteiger charge is 2.15. The molecule has 2 rings (SSSR count). The lowest BCUT2D eigenvalue weighted by molar-refractivity contribution is -0.384. The third-order valence-electron chi connectivity index (χ3n) is 3.60. The normalized spacial score (nSPS) is 10.8. The van der Waals surface area contributed by atoms with E-state index >= 15 is 0 Å². The lowest BCUT2D eigenvalue weighted by Crippen LogP contribution is -2.29. The Morgan fingerprint density at radius 1 is 1.11 bits per heavy atom. The number of nitrogens with one attached hydrogen (secondary N) is 2. The predicted octanol–water partition coefficient (Wildman–Crippen LogP) is 2.73. The van der Waals surface area contributed by atoms with Gasteiger partial charge in [0.25, 0.3) is 11.6 Å². The second-order valence-corrected chi connectivity index (χ2v) is 5.61. The molecule has 146 valence electrons. The van der Waals surface area contributed by atoms with Gasteiger partial charge in [-0.1, -0.05) is 12.1 Å². The van der Waals surface area contributed by atoms with Crippen molar-refractivity contribution in [1.29, 1.82) is 0 Å². The molecular weight excluding hydrogens is 366 g/mol. The van der Waals surface area contributed by atoms with Crippen LogP contribution in [0.15, 0.2) is 48.2 Å². The second-order valence-electron chi connectivity index (χ2n) is 5.61. The van der Waals surface area contributed by atoms with E-state index in [1.54, 1.807) is 24.3 Å². The molecule has 9 nitrogen and oxygen atoms in total. The standard InChI is InChI=1S/C19H19N3O6/c1-12(23)20-17(10-13-5-4-6-14(9-13)22(25)26)19(24)21-16-11-15(27-2)7-8-18(16)28-3/h4-11H,1-3H3,(H,20,23)(H,21,24). The van der Waals surface area contributed by atoms with Gasteiger partial charge in [-0.3, -0.25) is 19.7 Å². The van der Waals surface area contributed by atoms with Crippen molar-refractivity contribution >= 4 is 29.3 Å². The molecule has 0 bridgehead atoms. The minimum atomic E-state index is -0.631. The number of rotatable bonds is 7. The third kappa shape index (κ3) is 5.31. The quantitative estimate of drug-likeness (QED) is 0.430. The summed E-state index contributed by atoms with van der Waals surface area (Å²) in [4.78, 5) is 34.6. The van der Waals surface area contributed by atoms with Crippen LogP contribution in [0.5, 0.6) is 11.5 Å². The largest absolute Gasteiger partial charge is 0.497 e. The maximum Gasteiger partial charge on any atom is 0.272 e. The molecule has 2 aromatic carbocycles. The van der Waals surface area contributed by atoms with E-state index < -0.39 is 16.7 Å². The van der Waals surface area contributed by atoms with Crippen molar-refractivity contribution in [3.8, 4) is 11.5 Å². The van der Waals surface area contributed by atoms with Crippen LogP contribution in [0.1, 0.15) is 12.5 Å². The average molecular weight is 385 g/mol. The predicted molar refractivity (Wildman–Crippen MR) is 103 cm³/mol. The molecule has 0 aliphatic carbocycles. The van der Waals surface area contributed by atoms with Crippen LogP contribution in [-0.2, 0) is 9.59 Å². The first kappa shape index (κ1) is 20.4. The maximum absolute atomic E-state index is 12.7. The Bertz CT molecular complexity index is 939. The summed E-state index contributed by atoms with van der Waals surface area (Å²) in [7, 11) is 2.93. The number of amides is 2. The molecule has 0 fully saturated rings. The van der Waals surface area contributed by atoms with Crippen molar-refractivity contribution in [1.82, 2.24) is 5.32 Å². The first-order valence-electron chi connectivity index (χ1n) is 8.11. The molecule has 0 atom stereocenters. The number of methoxy groups -OCH3 is 2. The number of carbonyl (C=O) groups is 2. The Balaban J connectivity index is 2.38. The summed E-state index contributed by atoms with van der Waals surface area (Å²) in [5.74, 6) is -0.204. The highest BCUT2D eigenvalue weighted by molar-refractivity contribution is 6.09. The molecule has 2 N–H and O–H groups in total. The Morgan fingerprint density at radius 3 is 2.46 bits per heavy atom. The molecule has 28 heavy (non-hydrogen) atoms. The highest BCUT2D eigenvalue weighted by atomic mass is 16.6. The molecule has 9 heteroatoms. The first-order chi connectivity index (χ1) is 13.3. The molecule has 0 aliphatic rings.